The maximum Gasteiger partial charge on any atom is 0.408 e. The van der Waals surface area contributed by atoms with Crippen molar-refractivity contribution in [3.63, 3.8) is 0 Å². The number of terminal acetylenes is 1. The number of aryl methyl sites for hydroxylation is 2. The molecule has 2 unspecified atom stereocenters. The Morgan fingerprint density at radius 3 is 2.15 bits per heavy atom. The fourth-order valence-corrected chi connectivity index (χ4v) is 4.39. The van der Waals surface area contributed by atoms with Gasteiger partial charge in [0.05, 0.1) is 6.42 Å². The number of rotatable bonds is 12. The third-order valence-electron chi connectivity index (χ3n) is 6.36. The molecular weight excluding hydrogens is 520 g/mol. The number of carbonyl (C=O) groups is 4. The molecule has 220 valence electrons. The second kappa shape index (κ2) is 14.9. The van der Waals surface area contributed by atoms with Crippen molar-refractivity contribution in [1.82, 2.24) is 10.2 Å². The minimum atomic E-state index is -1.34. The predicted octanol–water partition coefficient (Wildman–Crippen LogP) is 4.75. The molecule has 0 bridgehead atoms. The minimum absolute atomic E-state index is 0.194. The molecule has 0 heterocycles. The van der Waals surface area contributed by atoms with Gasteiger partial charge in [0, 0.05) is 17.8 Å². The van der Waals surface area contributed by atoms with Crippen LogP contribution in [0.25, 0.3) is 0 Å². The summed E-state index contributed by atoms with van der Waals surface area (Å²) >= 11 is 0. The number of nitrogens with zero attached hydrogens (tertiary/aromatic N) is 1. The van der Waals surface area contributed by atoms with E-state index in [-0.39, 0.29) is 6.54 Å². The molecule has 0 fully saturated rings. The first-order valence-electron chi connectivity index (χ1n) is 13.8. The van der Waals surface area contributed by atoms with Gasteiger partial charge in [0.1, 0.15) is 17.7 Å². The number of carbonyl (C=O) groups excluding carboxylic acids is 4. The first-order valence-corrected chi connectivity index (χ1v) is 13.8. The van der Waals surface area contributed by atoms with Crippen LogP contribution in [0, 0.1) is 26.2 Å². The van der Waals surface area contributed by atoms with Crippen LogP contribution in [0.1, 0.15) is 81.7 Å². The SMILES string of the molecule is C#Cc1ccc(C(C(=O)Nc2c(C)cccc2C)N(CCCCC)C(=O)C(CC(N)=O)NC(=O)OC(C)(C)C)cc1. The molecule has 0 aromatic heterocycles. The number of alkyl carbamates (subject to hydrolysis) is 1. The molecule has 0 aliphatic heterocycles. The maximum atomic E-state index is 14.1. The Hall–Kier alpha value is -4.32. The van der Waals surface area contributed by atoms with E-state index in [1.54, 1.807) is 45.0 Å². The molecular formula is C32H42N4O5. The van der Waals surface area contributed by atoms with Gasteiger partial charge in [-0.25, -0.2) is 4.79 Å². The van der Waals surface area contributed by atoms with Crippen molar-refractivity contribution < 1.29 is 23.9 Å². The fraction of sp³-hybridized carbons (Fsp3) is 0.438. The van der Waals surface area contributed by atoms with Crippen LogP contribution in [0.3, 0.4) is 0 Å². The van der Waals surface area contributed by atoms with Crippen LogP contribution in [0.4, 0.5) is 10.5 Å². The normalized spacial score (nSPS) is 12.4. The lowest BCUT2D eigenvalue weighted by Crippen LogP contribution is -2.53. The Morgan fingerprint density at radius 1 is 1.02 bits per heavy atom. The summed E-state index contributed by atoms with van der Waals surface area (Å²) in [6.45, 7) is 11.0. The van der Waals surface area contributed by atoms with Gasteiger partial charge in [-0.05, 0) is 69.9 Å². The van der Waals surface area contributed by atoms with E-state index in [0.29, 0.717) is 23.2 Å². The van der Waals surface area contributed by atoms with Gasteiger partial charge in [-0.15, -0.1) is 6.42 Å². The van der Waals surface area contributed by atoms with Gasteiger partial charge < -0.3 is 26.0 Å². The Balaban J connectivity index is 2.61. The van der Waals surface area contributed by atoms with Crippen molar-refractivity contribution in [1.29, 1.82) is 0 Å². The number of anilines is 1. The van der Waals surface area contributed by atoms with E-state index in [1.807, 2.05) is 39.0 Å². The Kier molecular flexibility index (Phi) is 11.9. The summed E-state index contributed by atoms with van der Waals surface area (Å²) in [5, 5.41) is 5.50. The molecule has 0 spiro atoms. The molecule has 0 saturated heterocycles. The zero-order valence-electron chi connectivity index (χ0n) is 24.9. The highest BCUT2D eigenvalue weighted by Crippen LogP contribution is 2.28. The first kappa shape index (κ1) is 32.9. The smallest absolute Gasteiger partial charge is 0.408 e. The predicted molar refractivity (Wildman–Crippen MR) is 160 cm³/mol. The summed E-state index contributed by atoms with van der Waals surface area (Å²) in [4.78, 5) is 54.2. The van der Waals surface area contributed by atoms with Crippen LogP contribution in [-0.2, 0) is 19.1 Å². The second-order valence-electron chi connectivity index (χ2n) is 11.0. The Labute approximate surface area is 243 Å². The van der Waals surface area contributed by atoms with Crippen molar-refractivity contribution in [3.8, 4) is 12.3 Å². The number of amides is 4. The van der Waals surface area contributed by atoms with E-state index >= 15 is 0 Å². The molecule has 2 aromatic rings. The molecule has 0 aliphatic carbocycles. The highest BCUT2D eigenvalue weighted by molar-refractivity contribution is 6.00. The molecule has 41 heavy (non-hydrogen) atoms. The summed E-state index contributed by atoms with van der Waals surface area (Å²) in [5.74, 6) is 0.689. The first-order chi connectivity index (χ1) is 19.3. The fourth-order valence-electron chi connectivity index (χ4n) is 4.39. The number of ether oxygens (including phenoxy) is 1. The molecule has 4 amide bonds. The van der Waals surface area contributed by atoms with E-state index in [9.17, 15) is 19.2 Å². The van der Waals surface area contributed by atoms with Gasteiger partial charge in [0.15, 0.2) is 0 Å². The van der Waals surface area contributed by atoms with Crippen molar-refractivity contribution in [2.45, 2.75) is 84.9 Å². The zero-order chi connectivity index (χ0) is 30.7. The van der Waals surface area contributed by atoms with Crippen molar-refractivity contribution in [3.05, 3.63) is 64.7 Å². The minimum Gasteiger partial charge on any atom is -0.444 e. The third-order valence-corrected chi connectivity index (χ3v) is 6.36. The van der Waals surface area contributed by atoms with Crippen LogP contribution >= 0.6 is 0 Å². The molecule has 0 aliphatic rings. The monoisotopic (exact) mass is 562 g/mol. The topological polar surface area (TPSA) is 131 Å². The summed E-state index contributed by atoms with van der Waals surface area (Å²) in [7, 11) is 0. The molecule has 9 nitrogen and oxygen atoms in total. The lowest BCUT2D eigenvalue weighted by atomic mass is 9.99. The van der Waals surface area contributed by atoms with Gasteiger partial charge in [0.25, 0.3) is 5.91 Å². The average Bonchev–Trinajstić information content (AvgIpc) is 2.88. The van der Waals surface area contributed by atoms with Crippen molar-refractivity contribution in [2.75, 3.05) is 11.9 Å². The quantitative estimate of drug-likeness (QED) is 0.254. The molecule has 4 N–H and O–H groups in total. The summed E-state index contributed by atoms with van der Waals surface area (Å²) in [6.07, 6.45) is 6.47. The van der Waals surface area contributed by atoms with E-state index in [2.05, 4.69) is 16.6 Å². The number of nitrogens with one attached hydrogen (secondary N) is 2. The van der Waals surface area contributed by atoms with Crippen LogP contribution in [0.5, 0.6) is 0 Å². The van der Waals surface area contributed by atoms with E-state index in [1.165, 1.54) is 4.90 Å². The van der Waals surface area contributed by atoms with E-state index in [4.69, 9.17) is 16.9 Å². The van der Waals surface area contributed by atoms with Crippen LogP contribution in [0.15, 0.2) is 42.5 Å². The third kappa shape index (κ3) is 9.98. The number of hydrogen-bond acceptors (Lipinski definition) is 5. The lowest BCUT2D eigenvalue weighted by molar-refractivity contribution is -0.142. The number of primary amides is 1. The molecule has 2 atom stereocenters. The molecule has 2 aromatic carbocycles. The second-order valence-corrected chi connectivity index (χ2v) is 11.0. The molecule has 9 heteroatoms. The average molecular weight is 563 g/mol. The highest BCUT2D eigenvalue weighted by Gasteiger charge is 2.37. The van der Waals surface area contributed by atoms with Crippen LogP contribution < -0.4 is 16.4 Å². The van der Waals surface area contributed by atoms with Crippen LogP contribution in [0.2, 0.25) is 0 Å². The molecule has 0 saturated carbocycles. The van der Waals surface area contributed by atoms with Gasteiger partial charge in [-0.3, -0.25) is 14.4 Å². The van der Waals surface area contributed by atoms with Crippen LogP contribution in [-0.4, -0.2) is 46.9 Å². The van der Waals surface area contributed by atoms with Crippen molar-refractivity contribution >= 4 is 29.5 Å². The van der Waals surface area contributed by atoms with E-state index < -0.39 is 47.9 Å². The number of unbranched alkanes of at least 4 members (excludes halogenated alkanes) is 2. The Morgan fingerprint density at radius 2 is 1.63 bits per heavy atom. The zero-order valence-corrected chi connectivity index (χ0v) is 24.9. The number of para-hydroxylation sites is 1. The standard InChI is InChI=1S/C32H42N4O5/c1-8-10-11-19-36(30(39)25(20-26(33)37)34-31(40)41-32(5,6)7)28(24-17-15-23(9-2)16-18-24)29(38)35-27-21(3)13-12-14-22(27)4/h2,12-18,25,28H,8,10-11,19-20H2,1,3-7H3,(H2,33,37)(H,34,40)(H,35,38). The highest BCUT2D eigenvalue weighted by atomic mass is 16.6. The number of hydrogen-bond donors (Lipinski definition) is 3. The van der Waals surface area contributed by atoms with Gasteiger partial charge in [-0.2, -0.15) is 0 Å². The van der Waals surface area contributed by atoms with Gasteiger partial charge in [-0.1, -0.05) is 56.0 Å². The summed E-state index contributed by atoms with van der Waals surface area (Å²) in [5.41, 5.74) is 8.14. The summed E-state index contributed by atoms with van der Waals surface area (Å²) < 4.78 is 5.33. The number of nitrogens with two attached hydrogens (primary N) is 1. The number of benzene rings is 2. The van der Waals surface area contributed by atoms with Gasteiger partial charge >= 0.3 is 6.09 Å². The molecule has 2 rings (SSSR count). The lowest BCUT2D eigenvalue weighted by Gasteiger charge is -2.34. The van der Waals surface area contributed by atoms with E-state index in [0.717, 1.165) is 24.0 Å². The largest absolute Gasteiger partial charge is 0.444 e. The summed E-state index contributed by atoms with van der Waals surface area (Å²) in [6, 6.07) is 10.0. The molecule has 0 radical (unpaired) electrons. The van der Waals surface area contributed by atoms with Gasteiger partial charge in [0.2, 0.25) is 11.8 Å². The Bertz CT molecular complexity index is 1250. The maximum absolute atomic E-state index is 14.1. The van der Waals surface area contributed by atoms with Crippen molar-refractivity contribution in [2.24, 2.45) is 5.73 Å².